The summed E-state index contributed by atoms with van der Waals surface area (Å²) < 4.78 is 6.43. The summed E-state index contributed by atoms with van der Waals surface area (Å²) in [5, 5.41) is 8.00. The molecule has 0 aliphatic carbocycles. The number of rotatable bonds is 3. The van der Waals surface area contributed by atoms with Crippen molar-refractivity contribution in [2.24, 2.45) is 0 Å². The van der Waals surface area contributed by atoms with E-state index in [1.54, 1.807) is 36.6 Å². The first-order valence-electron chi connectivity index (χ1n) is 7.25. The van der Waals surface area contributed by atoms with Crippen molar-refractivity contribution in [2.45, 2.75) is 13.8 Å². The average molecular weight is 378 g/mol. The first kappa shape index (κ1) is 17.0. The van der Waals surface area contributed by atoms with Gasteiger partial charge in [-0.15, -0.1) is 0 Å². The Morgan fingerprint density at radius 2 is 1.92 bits per heavy atom. The Kier molecular flexibility index (Phi) is 4.89. The Labute approximate surface area is 154 Å². The van der Waals surface area contributed by atoms with Crippen LogP contribution in [0.15, 0.2) is 30.3 Å². The fourth-order valence-electron chi connectivity index (χ4n) is 2.26. The second kappa shape index (κ2) is 6.93. The fraction of sp³-hybridized carbons (Fsp3) is 0.176. The van der Waals surface area contributed by atoms with Crippen LogP contribution in [0.25, 0.3) is 10.2 Å². The molecule has 2 aromatic carbocycles. The van der Waals surface area contributed by atoms with Crippen molar-refractivity contribution in [3.05, 3.63) is 46.5 Å². The highest BCUT2D eigenvalue weighted by Gasteiger charge is 2.09. The first-order chi connectivity index (χ1) is 11.5. The third kappa shape index (κ3) is 3.61. The van der Waals surface area contributed by atoms with Crippen LogP contribution in [0.4, 0.5) is 10.8 Å². The summed E-state index contributed by atoms with van der Waals surface area (Å²) in [5.74, 6) is 0.666. The highest BCUT2D eigenvalue weighted by molar-refractivity contribution is 7.80. The Morgan fingerprint density at radius 1 is 1.17 bits per heavy atom. The number of anilines is 2. The minimum absolute atomic E-state index is 0.433. The molecule has 3 aromatic rings. The number of nitrogens with zero attached hydrogens (tertiary/aromatic N) is 1. The molecule has 7 heteroatoms. The molecule has 4 nitrogen and oxygen atoms in total. The van der Waals surface area contributed by atoms with E-state index >= 15 is 0 Å². The normalized spacial score (nSPS) is 10.7. The molecule has 124 valence electrons. The molecule has 1 aromatic heterocycles. The maximum absolute atomic E-state index is 6.03. The minimum atomic E-state index is 0.433. The Bertz CT molecular complexity index is 885. The van der Waals surface area contributed by atoms with Gasteiger partial charge in [-0.25, -0.2) is 4.98 Å². The lowest BCUT2D eigenvalue weighted by Gasteiger charge is -2.12. The maximum Gasteiger partial charge on any atom is 0.190 e. The van der Waals surface area contributed by atoms with E-state index in [1.165, 1.54) is 11.1 Å². The van der Waals surface area contributed by atoms with Gasteiger partial charge in [0.2, 0.25) is 0 Å². The van der Waals surface area contributed by atoms with Gasteiger partial charge in [0.15, 0.2) is 10.2 Å². The Balaban J connectivity index is 1.79. The number of nitrogens with one attached hydrogen (secondary N) is 2. The van der Waals surface area contributed by atoms with Crippen LogP contribution >= 0.6 is 35.2 Å². The second-order valence-electron chi connectivity index (χ2n) is 5.35. The Hall–Kier alpha value is -1.89. The van der Waals surface area contributed by atoms with E-state index in [2.05, 4.69) is 41.6 Å². The number of aromatic nitrogens is 1. The van der Waals surface area contributed by atoms with Crippen LogP contribution in [0.3, 0.4) is 0 Å². The second-order valence-corrected chi connectivity index (χ2v) is 7.22. The monoisotopic (exact) mass is 377 g/mol. The number of thiocarbonyl (C=S) groups is 1. The zero-order valence-electron chi connectivity index (χ0n) is 13.4. The van der Waals surface area contributed by atoms with Crippen molar-refractivity contribution in [3.63, 3.8) is 0 Å². The van der Waals surface area contributed by atoms with Gasteiger partial charge in [-0.2, -0.15) is 0 Å². The summed E-state index contributed by atoms with van der Waals surface area (Å²) in [5.41, 5.74) is 4.15. The van der Waals surface area contributed by atoms with Crippen LogP contribution in [0, 0.1) is 13.8 Å². The number of aryl methyl sites for hydroxylation is 2. The molecule has 0 radical (unpaired) electrons. The largest absolute Gasteiger partial charge is 0.495 e. The van der Waals surface area contributed by atoms with Crippen LogP contribution in [-0.2, 0) is 0 Å². The number of methoxy groups -OCH3 is 1. The smallest absolute Gasteiger partial charge is 0.190 e. The van der Waals surface area contributed by atoms with E-state index < -0.39 is 0 Å². The number of fused-ring (bicyclic) bond motifs is 1. The molecule has 24 heavy (non-hydrogen) atoms. The average Bonchev–Trinajstić information content (AvgIpc) is 2.88. The predicted octanol–water partition coefficient (Wildman–Crippen LogP) is 5.38. The topological polar surface area (TPSA) is 46.2 Å². The van der Waals surface area contributed by atoms with Crippen LogP contribution in [0.2, 0.25) is 5.02 Å². The molecule has 2 N–H and O–H groups in total. The van der Waals surface area contributed by atoms with Crippen molar-refractivity contribution in [3.8, 4) is 5.75 Å². The molecule has 0 saturated heterocycles. The quantitative estimate of drug-likeness (QED) is 0.599. The van der Waals surface area contributed by atoms with E-state index in [9.17, 15) is 0 Å². The summed E-state index contributed by atoms with van der Waals surface area (Å²) in [4.78, 5) is 4.58. The number of ether oxygens (including phenoxy) is 1. The molecule has 0 unspecified atom stereocenters. The van der Waals surface area contributed by atoms with E-state index in [0.717, 1.165) is 15.3 Å². The molecule has 0 saturated carbocycles. The van der Waals surface area contributed by atoms with Crippen LogP contribution < -0.4 is 15.4 Å². The molecule has 0 amide bonds. The third-order valence-electron chi connectivity index (χ3n) is 3.63. The molecule has 0 atom stereocenters. The summed E-state index contributed by atoms with van der Waals surface area (Å²) in [6.07, 6.45) is 0. The van der Waals surface area contributed by atoms with Crippen LogP contribution in [0.5, 0.6) is 5.75 Å². The van der Waals surface area contributed by atoms with Crippen molar-refractivity contribution in [1.82, 2.24) is 4.98 Å². The van der Waals surface area contributed by atoms with Crippen LogP contribution in [0.1, 0.15) is 11.1 Å². The third-order valence-corrected chi connectivity index (χ3v) is 5.01. The van der Waals surface area contributed by atoms with Crippen molar-refractivity contribution in [1.29, 1.82) is 0 Å². The molecule has 0 bridgehead atoms. The van der Waals surface area contributed by atoms with Crippen LogP contribution in [-0.4, -0.2) is 17.2 Å². The minimum Gasteiger partial charge on any atom is -0.495 e. The van der Waals surface area contributed by atoms with E-state index in [4.69, 9.17) is 28.6 Å². The van der Waals surface area contributed by atoms with Gasteiger partial charge >= 0.3 is 0 Å². The number of benzene rings is 2. The molecule has 3 rings (SSSR count). The van der Waals surface area contributed by atoms with Gasteiger partial charge in [0, 0.05) is 5.02 Å². The standard InChI is InChI=1S/C17H16ClN3OS2/c1-9-6-13-15(7-10(9)2)24-17(20-13)21-16(23)19-12-8-11(18)4-5-14(12)22-3/h4-8H,1-3H3,(H2,19,20,21,23). The van der Waals surface area contributed by atoms with Crippen molar-refractivity contribution >= 4 is 61.3 Å². The Morgan fingerprint density at radius 3 is 2.67 bits per heavy atom. The summed E-state index contributed by atoms with van der Waals surface area (Å²) in [6.45, 7) is 4.18. The molecular formula is C17H16ClN3OS2. The molecule has 0 spiro atoms. The lowest BCUT2D eigenvalue weighted by atomic mass is 10.1. The van der Waals surface area contributed by atoms with Gasteiger partial charge in [-0.05, 0) is 67.5 Å². The predicted molar refractivity (Wildman–Crippen MR) is 107 cm³/mol. The van der Waals surface area contributed by atoms with Gasteiger partial charge in [-0.3, -0.25) is 0 Å². The van der Waals surface area contributed by atoms with Gasteiger partial charge in [0.1, 0.15) is 5.75 Å². The fourth-order valence-corrected chi connectivity index (χ4v) is 3.66. The molecular weight excluding hydrogens is 362 g/mol. The van der Waals surface area contributed by atoms with E-state index in [1.807, 2.05) is 0 Å². The first-order valence-corrected chi connectivity index (χ1v) is 8.86. The number of thiazole rings is 1. The lowest BCUT2D eigenvalue weighted by Crippen LogP contribution is -2.19. The number of halogens is 1. The van der Waals surface area contributed by atoms with Gasteiger partial charge in [-0.1, -0.05) is 22.9 Å². The zero-order valence-corrected chi connectivity index (χ0v) is 15.8. The lowest BCUT2D eigenvalue weighted by molar-refractivity contribution is 0.417. The summed E-state index contributed by atoms with van der Waals surface area (Å²) in [7, 11) is 1.60. The number of hydrogen-bond donors (Lipinski definition) is 2. The van der Waals surface area contributed by atoms with E-state index in [0.29, 0.717) is 21.6 Å². The van der Waals surface area contributed by atoms with Gasteiger partial charge in [0.05, 0.1) is 23.0 Å². The molecule has 0 fully saturated rings. The molecule has 0 aliphatic heterocycles. The van der Waals surface area contributed by atoms with Crippen molar-refractivity contribution < 1.29 is 4.74 Å². The van der Waals surface area contributed by atoms with Gasteiger partial charge in [0.25, 0.3) is 0 Å². The van der Waals surface area contributed by atoms with E-state index in [-0.39, 0.29) is 0 Å². The van der Waals surface area contributed by atoms with Crippen molar-refractivity contribution in [2.75, 3.05) is 17.7 Å². The molecule has 0 aliphatic rings. The molecule has 1 heterocycles. The highest BCUT2D eigenvalue weighted by Crippen LogP contribution is 2.30. The summed E-state index contributed by atoms with van der Waals surface area (Å²) >= 11 is 13.0. The number of hydrogen-bond acceptors (Lipinski definition) is 4. The maximum atomic E-state index is 6.03. The van der Waals surface area contributed by atoms with Gasteiger partial charge < -0.3 is 15.4 Å². The zero-order chi connectivity index (χ0) is 17.3. The SMILES string of the molecule is COc1ccc(Cl)cc1NC(=S)Nc1nc2cc(C)c(C)cc2s1. The summed E-state index contributed by atoms with van der Waals surface area (Å²) in [6, 6.07) is 9.54. The highest BCUT2D eigenvalue weighted by atomic mass is 35.5.